The first-order valence-electron chi connectivity index (χ1n) is 5.52. The molecular formula is C13H16N2O2. The van der Waals surface area contributed by atoms with Crippen molar-refractivity contribution in [2.75, 3.05) is 14.2 Å². The first-order valence-corrected chi connectivity index (χ1v) is 5.52. The summed E-state index contributed by atoms with van der Waals surface area (Å²) in [5.74, 6) is 2.16. The molecule has 0 spiro atoms. The summed E-state index contributed by atoms with van der Waals surface area (Å²) in [5.41, 5.74) is 0.865. The number of benzene rings is 1. The molecule has 2 rings (SSSR count). The summed E-state index contributed by atoms with van der Waals surface area (Å²) in [7, 11) is 3.52. The lowest BCUT2D eigenvalue weighted by atomic mass is 10.2. The van der Waals surface area contributed by atoms with Crippen LogP contribution >= 0.6 is 0 Å². The molecular weight excluding hydrogens is 216 g/mol. The maximum Gasteiger partial charge on any atom is 0.230 e. The minimum atomic E-state index is 0.144. The summed E-state index contributed by atoms with van der Waals surface area (Å²) >= 11 is 0. The van der Waals surface area contributed by atoms with Crippen LogP contribution in [0.25, 0.3) is 11.5 Å². The van der Waals surface area contributed by atoms with Crippen LogP contribution in [0.15, 0.2) is 34.9 Å². The van der Waals surface area contributed by atoms with Crippen molar-refractivity contribution in [3.8, 4) is 17.2 Å². The van der Waals surface area contributed by atoms with Gasteiger partial charge >= 0.3 is 0 Å². The molecule has 2 aromatic rings. The molecule has 4 heteroatoms. The fourth-order valence-corrected chi connectivity index (χ4v) is 1.57. The Balaban J connectivity index is 2.37. The highest BCUT2D eigenvalue weighted by Gasteiger charge is 2.13. The van der Waals surface area contributed by atoms with Gasteiger partial charge in [0.15, 0.2) is 0 Å². The van der Waals surface area contributed by atoms with Gasteiger partial charge in [-0.25, -0.2) is 4.98 Å². The third-order valence-electron chi connectivity index (χ3n) is 2.72. The zero-order valence-corrected chi connectivity index (χ0v) is 10.2. The van der Waals surface area contributed by atoms with Gasteiger partial charge in [0.2, 0.25) is 5.89 Å². The van der Waals surface area contributed by atoms with E-state index < -0.39 is 0 Å². The van der Waals surface area contributed by atoms with Gasteiger partial charge in [-0.05, 0) is 26.1 Å². The van der Waals surface area contributed by atoms with Crippen molar-refractivity contribution < 1.29 is 9.15 Å². The predicted molar refractivity (Wildman–Crippen MR) is 66.0 cm³/mol. The van der Waals surface area contributed by atoms with Crippen LogP contribution < -0.4 is 10.1 Å². The highest BCUT2D eigenvalue weighted by Crippen LogP contribution is 2.30. The zero-order chi connectivity index (χ0) is 12.3. The minimum Gasteiger partial charge on any atom is -0.496 e. The first-order chi connectivity index (χ1) is 8.26. The van der Waals surface area contributed by atoms with Gasteiger partial charge in [0.05, 0.1) is 24.9 Å². The smallest absolute Gasteiger partial charge is 0.230 e. The van der Waals surface area contributed by atoms with E-state index in [-0.39, 0.29) is 6.04 Å². The molecule has 0 aliphatic rings. The van der Waals surface area contributed by atoms with Crippen LogP contribution in [0.5, 0.6) is 5.75 Å². The molecule has 90 valence electrons. The van der Waals surface area contributed by atoms with Gasteiger partial charge in [0, 0.05) is 0 Å². The number of methoxy groups -OCH3 is 1. The third-order valence-corrected chi connectivity index (χ3v) is 2.72. The molecule has 1 aromatic carbocycles. The molecule has 17 heavy (non-hydrogen) atoms. The monoisotopic (exact) mass is 232 g/mol. The minimum absolute atomic E-state index is 0.144. The Labute approximate surface area is 101 Å². The Morgan fingerprint density at radius 1 is 1.35 bits per heavy atom. The zero-order valence-electron chi connectivity index (χ0n) is 10.2. The van der Waals surface area contributed by atoms with Crippen molar-refractivity contribution in [3.63, 3.8) is 0 Å². The maximum atomic E-state index is 5.71. The lowest BCUT2D eigenvalue weighted by Crippen LogP contribution is -2.11. The molecule has 0 saturated heterocycles. The van der Waals surface area contributed by atoms with E-state index in [1.54, 1.807) is 13.3 Å². The number of ether oxygens (including phenoxy) is 1. The molecule has 1 heterocycles. The van der Waals surface area contributed by atoms with Crippen LogP contribution in [0.3, 0.4) is 0 Å². The third kappa shape index (κ3) is 2.31. The number of aromatic nitrogens is 1. The Kier molecular flexibility index (Phi) is 3.44. The standard InChI is InChI=1S/C13H16N2O2/c1-9(14-2)12-8-15-13(17-12)10-6-4-5-7-11(10)16-3/h4-9,14H,1-3H3. The number of rotatable bonds is 4. The number of oxazole rings is 1. The normalized spacial score (nSPS) is 12.4. The van der Waals surface area contributed by atoms with Gasteiger partial charge < -0.3 is 14.5 Å². The quantitative estimate of drug-likeness (QED) is 0.880. The van der Waals surface area contributed by atoms with Crippen LogP contribution in [0, 0.1) is 0 Å². The highest BCUT2D eigenvalue weighted by atomic mass is 16.5. The van der Waals surface area contributed by atoms with E-state index in [9.17, 15) is 0 Å². The second-order valence-corrected chi connectivity index (χ2v) is 3.78. The van der Waals surface area contributed by atoms with Crippen LogP contribution in [-0.2, 0) is 0 Å². The average molecular weight is 232 g/mol. The second-order valence-electron chi connectivity index (χ2n) is 3.78. The molecule has 0 fully saturated rings. The summed E-state index contributed by atoms with van der Waals surface area (Å²) in [6.45, 7) is 2.02. The lowest BCUT2D eigenvalue weighted by Gasteiger charge is -2.06. The van der Waals surface area contributed by atoms with Gasteiger partial charge in [-0.1, -0.05) is 12.1 Å². The molecule has 0 saturated carbocycles. The van der Waals surface area contributed by atoms with E-state index in [1.165, 1.54) is 0 Å². The lowest BCUT2D eigenvalue weighted by molar-refractivity contribution is 0.411. The van der Waals surface area contributed by atoms with Gasteiger partial charge in [-0.3, -0.25) is 0 Å². The van der Waals surface area contributed by atoms with Crippen molar-refractivity contribution in [2.24, 2.45) is 0 Å². The Bertz CT molecular complexity index is 494. The largest absolute Gasteiger partial charge is 0.496 e. The summed E-state index contributed by atoms with van der Waals surface area (Å²) < 4.78 is 11.0. The fraction of sp³-hybridized carbons (Fsp3) is 0.308. The van der Waals surface area contributed by atoms with E-state index >= 15 is 0 Å². The summed E-state index contributed by atoms with van der Waals surface area (Å²) in [6, 6.07) is 7.82. The summed E-state index contributed by atoms with van der Waals surface area (Å²) in [5, 5.41) is 3.11. The molecule has 0 radical (unpaired) electrons. The van der Waals surface area contributed by atoms with E-state index in [2.05, 4.69) is 10.3 Å². The molecule has 0 aliphatic carbocycles. The topological polar surface area (TPSA) is 47.3 Å². The van der Waals surface area contributed by atoms with Crippen LogP contribution in [0.2, 0.25) is 0 Å². The molecule has 1 N–H and O–H groups in total. The number of hydrogen-bond acceptors (Lipinski definition) is 4. The molecule has 0 amide bonds. The summed E-state index contributed by atoms with van der Waals surface area (Å²) in [4.78, 5) is 4.28. The van der Waals surface area contributed by atoms with Gasteiger partial charge in [-0.15, -0.1) is 0 Å². The van der Waals surface area contributed by atoms with Crippen molar-refractivity contribution >= 4 is 0 Å². The number of hydrogen-bond donors (Lipinski definition) is 1. The number of para-hydroxylation sites is 1. The van der Waals surface area contributed by atoms with E-state index in [0.717, 1.165) is 17.1 Å². The van der Waals surface area contributed by atoms with Crippen molar-refractivity contribution in [1.82, 2.24) is 10.3 Å². The molecule has 1 atom stereocenters. The van der Waals surface area contributed by atoms with Crippen LogP contribution in [0.1, 0.15) is 18.7 Å². The molecule has 1 aromatic heterocycles. The number of nitrogens with zero attached hydrogens (tertiary/aromatic N) is 1. The van der Waals surface area contributed by atoms with Crippen LogP contribution in [-0.4, -0.2) is 19.1 Å². The average Bonchev–Trinajstić information content (AvgIpc) is 2.87. The number of nitrogens with one attached hydrogen (secondary N) is 1. The van der Waals surface area contributed by atoms with Crippen molar-refractivity contribution in [1.29, 1.82) is 0 Å². The van der Waals surface area contributed by atoms with E-state index in [4.69, 9.17) is 9.15 Å². The molecule has 1 unspecified atom stereocenters. The van der Waals surface area contributed by atoms with Crippen LogP contribution in [0.4, 0.5) is 0 Å². The molecule has 4 nitrogen and oxygen atoms in total. The Morgan fingerprint density at radius 3 is 2.82 bits per heavy atom. The van der Waals surface area contributed by atoms with Crippen molar-refractivity contribution in [2.45, 2.75) is 13.0 Å². The molecule has 0 bridgehead atoms. The van der Waals surface area contributed by atoms with E-state index in [0.29, 0.717) is 5.89 Å². The fourth-order valence-electron chi connectivity index (χ4n) is 1.57. The second kappa shape index (κ2) is 5.01. The highest BCUT2D eigenvalue weighted by molar-refractivity contribution is 5.62. The van der Waals surface area contributed by atoms with Gasteiger partial charge in [0.1, 0.15) is 11.5 Å². The molecule has 0 aliphatic heterocycles. The predicted octanol–water partition coefficient (Wildman–Crippen LogP) is 2.63. The Hall–Kier alpha value is -1.81. The maximum absolute atomic E-state index is 5.71. The van der Waals surface area contributed by atoms with Gasteiger partial charge in [0.25, 0.3) is 0 Å². The van der Waals surface area contributed by atoms with Crippen molar-refractivity contribution in [3.05, 3.63) is 36.2 Å². The summed E-state index contributed by atoms with van der Waals surface area (Å²) in [6.07, 6.45) is 1.74. The Morgan fingerprint density at radius 2 is 2.12 bits per heavy atom. The first kappa shape index (κ1) is 11.7. The van der Waals surface area contributed by atoms with E-state index in [1.807, 2.05) is 38.2 Å². The van der Waals surface area contributed by atoms with Gasteiger partial charge in [-0.2, -0.15) is 0 Å². The SMILES string of the molecule is CNC(C)c1cnc(-c2ccccc2OC)o1.